The lowest BCUT2D eigenvalue weighted by atomic mass is 9.85. The van der Waals surface area contributed by atoms with E-state index in [1.54, 1.807) is 6.20 Å². The Morgan fingerprint density at radius 2 is 1.94 bits per heavy atom. The van der Waals surface area contributed by atoms with E-state index in [2.05, 4.69) is 19.8 Å². The van der Waals surface area contributed by atoms with Gasteiger partial charge in [0.05, 0.1) is 6.20 Å². The Balaban J connectivity index is 1.52. The number of aromatic nitrogens is 4. The van der Waals surface area contributed by atoms with Gasteiger partial charge in [-0.3, -0.25) is 9.36 Å². The van der Waals surface area contributed by atoms with E-state index in [0.29, 0.717) is 23.0 Å². The number of nitrogens with two attached hydrogens (primary N) is 1. The third-order valence-electron chi connectivity index (χ3n) is 7.02. The number of primary amides is 1. The maximum atomic E-state index is 11.7. The molecule has 0 bridgehead atoms. The Bertz CT molecular complexity index is 1170. The number of fused-ring (bicyclic) bond motifs is 1. The van der Waals surface area contributed by atoms with Gasteiger partial charge in [-0.2, -0.15) is 4.98 Å². The molecule has 180 valence electrons. The van der Waals surface area contributed by atoms with Crippen molar-refractivity contribution in [3.8, 4) is 0 Å². The van der Waals surface area contributed by atoms with E-state index in [0.717, 1.165) is 68.6 Å². The molecule has 0 radical (unpaired) electrons. The molecular formula is C24H30ClN7O2. The summed E-state index contributed by atoms with van der Waals surface area (Å²) in [6.45, 7) is 1.51. The lowest BCUT2D eigenvalue weighted by molar-refractivity contribution is -0.122. The summed E-state index contributed by atoms with van der Waals surface area (Å²) in [6, 6.07) is 8.05. The average molecular weight is 484 g/mol. The lowest BCUT2D eigenvalue weighted by Crippen LogP contribution is -2.37. The first-order chi connectivity index (χ1) is 16.5. The molecule has 0 unspecified atom stereocenters. The number of nitrogens with one attached hydrogen (secondary N) is 1. The van der Waals surface area contributed by atoms with Gasteiger partial charge in [-0.25, -0.2) is 9.97 Å². The zero-order chi connectivity index (χ0) is 23.7. The first-order valence-corrected chi connectivity index (χ1v) is 12.2. The van der Waals surface area contributed by atoms with Crippen LogP contribution in [0.3, 0.4) is 0 Å². The van der Waals surface area contributed by atoms with E-state index in [4.69, 9.17) is 32.0 Å². The summed E-state index contributed by atoms with van der Waals surface area (Å²) in [6.07, 6.45) is 6.89. The van der Waals surface area contributed by atoms with E-state index in [1.807, 2.05) is 31.3 Å². The van der Waals surface area contributed by atoms with Crippen LogP contribution in [0.15, 0.2) is 30.5 Å². The van der Waals surface area contributed by atoms with Crippen molar-refractivity contribution in [3.05, 3.63) is 35.5 Å². The van der Waals surface area contributed by atoms with Crippen molar-refractivity contribution in [2.45, 2.75) is 50.6 Å². The number of benzene rings is 1. The molecule has 9 nitrogen and oxygen atoms in total. The number of nitrogens with zero attached hydrogens (tertiary/aromatic N) is 5. The van der Waals surface area contributed by atoms with Gasteiger partial charge in [0, 0.05) is 49.0 Å². The van der Waals surface area contributed by atoms with Gasteiger partial charge in [-0.15, -0.1) is 0 Å². The molecule has 2 fully saturated rings. The van der Waals surface area contributed by atoms with Gasteiger partial charge in [0.2, 0.25) is 17.8 Å². The molecule has 34 heavy (non-hydrogen) atoms. The van der Waals surface area contributed by atoms with E-state index < -0.39 is 0 Å². The van der Waals surface area contributed by atoms with E-state index in [9.17, 15) is 4.79 Å². The second-order valence-corrected chi connectivity index (χ2v) is 9.62. The normalized spacial score (nSPS) is 21.5. The first kappa shape index (κ1) is 22.9. The van der Waals surface area contributed by atoms with Crippen molar-refractivity contribution in [1.29, 1.82) is 0 Å². The van der Waals surface area contributed by atoms with Crippen LogP contribution in [0, 0.1) is 5.92 Å². The summed E-state index contributed by atoms with van der Waals surface area (Å²) in [5, 5.41) is 4.07. The van der Waals surface area contributed by atoms with Crippen molar-refractivity contribution >= 4 is 46.3 Å². The minimum Gasteiger partial charge on any atom is -0.381 e. The molecule has 0 spiro atoms. The number of carbonyl (C=O) groups is 1. The molecule has 5 rings (SSSR count). The molecular weight excluding hydrogens is 454 g/mol. The van der Waals surface area contributed by atoms with Gasteiger partial charge in [0.1, 0.15) is 5.52 Å². The zero-order valence-electron chi connectivity index (χ0n) is 19.3. The highest BCUT2D eigenvalue weighted by Gasteiger charge is 2.29. The molecule has 10 heteroatoms. The quantitative estimate of drug-likeness (QED) is 0.543. The zero-order valence-corrected chi connectivity index (χ0v) is 20.0. The third-order valence-corrected chi connectivity index (χ3v) is 7.25. The number of halogens is 1. The molecule has 1 amide bonds. The van der Waals surface area contributed by atoms with Gasteiger partial charge in [-0.05, 0) is 56.7 Å². The molecule has 3 N–H and O–H groups in total. The standard InChI is InChI=1S/C24H30ClN7O2/c1-31(18-9-11-34-12-10-18)23-27-14-20-22(30-23)32(19-7-5-15(6-8-19)21(26)33)24(29-20)28-17-4-2-3-16(25)13-17/h2-4,13-15,18-19H,5-12H2,1H3,(H2,26,33)(H,28,29)/t15-,19-. The number of amides is 1. The number of hydrogen-bond acceptors (Lipinski definition) is 7. The highest BCUT2D eigenvalue weighted by molar-refractivity contribution is 6.30. The molecule has 0 atom stereocenters. The molecule has 3 heterocycles. The second-order valence-electron chi connectivity index (χ2n) is 9.18. The van der Waals surface area contributed by atoms with Crippen LogP contribution in [-0.2, 0) is 9.53 Å². The Morgan fingerprint density at radius 3 is 2.65 bits per heavy atom. The Hall–Kier alpha value is -2.91. The molecule has 2 aromatic heterocycles. The van der Waals surface area contributed by atoms with Crippen molar-refractivity contribution in [2.24, 2.45) is 11.7 Å². The minimum atomic E-state index is -0.214. The van der Waals surface area contributed by atoms with Crippen LogP contribution in [0.5, 0.6) is 0 Å². The lowest BCUT2D eigenvalue weighted by Gasteiger charge is -2.31. The van der Waals surface area contributed by atoms with Crippen molar-refractivity contribution in [3.63, 3.8) is 0 Å². The average Bonchev–Trinajstić information content (AvgIpc) is 3.21. The predicted octanol–water partition coefficient (Wildman–Crippen LogP) is 4.06. The fraction of sp³-hybridized carbons (Fsp3) is 0.500. The molecule has 1 aliphatic carbocycles. The fourth-order valence-corrected chi connectivity index (χ4v) is 5.23. The Labute approximate surface area is 203 Å². The van der Waals surface area contributed by atoms with Gasteiger partial charge >= 0.3 is 0 Å². The van der Waals surface area contributed by atoms with Crippen LogP contribution in [0.2, 0.25) is 5.02 Å². The van der Waals surface area contributed by atoms with E-state index in [-0.39, 0.29) is 17.9 Å². The number of rotatable bonds is 6. The number of imidazole rings is 1. The maximum Gasteiger partial charge on any atom is 0.227 e. The van der Waals surface area contributed by atoms with E-state index in [1.165, 1.54) is 0 Å². The highest BCUT2D eigenvalue weighted by Crippen LogP contribution is 2.37. The number of ether oxygens (including phenoxy) is 1. The monoisotopic (exact) mass is 483 g/mol. The molecule has 1 aliphatic heterocycles. The Kier molecular flexibility index (Phi) is 6.56. The molecule has 3 aromatic rings. The molecule has 2 aliphatic rings. The minimum absolute atomic E-state index is 0.0692. The largest absolute Gasteiger partial charge is 0.381 e. The Morgan fingerprint density at radius 1 is 1.18 bits per heavy atom. The van der Waals surface area contributed by atoms with Gasteiger partial charge in [0.25, 0.3) is 0 Å². The van der Waals surface area contributed by atoms with Crippen LogP contribution in [-0.4, -0.2) is 51.7 Å². The summed E-state index contributed by atoms with van der Waals surface area (Å²) < 4.78 is 7.68. The fourth-order valence-electron chi connectivity index (χ4n) is 5.04. The summed E-state index contributed by atoms with van der Waals surface area (Å²) in [7, 11) is 2.04. The molecule has 1 saturated heterocycles. The summed E-state index contributed by atoms with van der Waals surface area (Å²) in [4.78, 5) is 28.3. The SMILES string of the molecule is CN(c1ncc2nc(Nc3cccc(Cl)c3)n([C@H]3CC[C@H](C(N)=O)CC3)c2n1)C1CCOCC1. The van der Waals surface area contributed by atoms with Crippen molar-refractivity contribution < 1.29 is 9.53 Å². The second kappa shape index (κ2) is 9.76. The van der Waals surface area contributed by atoms with Gasteiger partial charge in [0.15, 0.2) is 5.65 Å². The molecule has 1 saturated carbocycles. The van der Waals surface area contributed by atoms with Crippen molar-refractivity contribution in [1.82, 2.24) is 19.5 Å². The van der Waals surface area contributed by atoms with Crippen LogP contribution in [0.1, 0.15) is 44.6 Å². The van der Waals surface area contributed by atoms with Crippen LogP contribution in [0.25, 0.3) is 11.2 Å². The number of anilines is 3. The molecule has 1 aromatic carbocycles. The number of carbonyl (C=O) groups excluding carboxylic acids is 1. The first-order valence-electron chi connectivity index (χ1n) is 11.9. The van der Waals surface area contributed by atoms with Gasteiger partial charge in [-0.1, -0.05) is 17.7 Å². The van der Waals surface area contributed by atoms with Crippen LogP contribution < -0.4 is 16.0 Å². The highest BCUT2D eigenvalue weighted by atomic mass is 35.5. The maximum absolute atomic E-state index is 11.7. The summed E-state index contributed by atoms with van der Waals surface area (Å²) >= 11 is 6.21. The third kappa shape index (κ3) is 4.67. The van der Waals surface area contributed by atoms with E-state index >= 15 is 0 Å². The predicted molar refractivity (Wildman–Crippen MR) is 132 cm³/mol. The number of hydrogen-bond donors (Lipinski definition) is 2. The van der Waals surface area contributed by atoms with Crippen molar-refractivity contribution in [2.75, 3.05) is 30.5 Å². The van der Waals surface area contributed by atoms with Crippen LogP contribution >= 0.6 is 11.6 Å². The van der Waals surface area contributed by atoms with Gasteiger partial charge < -0.3 is 20.7 Å². The topological polar surface area (TPSA) is 111 Å². The van der Waals surface area contributed by atoms with Crippen LogP contribution in [0.4, 0.5) is 17.6 Å². The summed E-state index contributed by atoms with van der Waals surface area (Å²) in [5.41, 5.74) is 7.94. The summed E-state index contributed by atoms with van der Waals surface area (Å²) in [5.74, 6) is 1.09. The smallest absolute Gasteiger partial charge is 0.227 e.